The maximum Gasteiger partial charge on any atom is 0.261 e. The van der Waals surface area contributed by atoms with Crippen LogP contribution in [0.15, 0.2) is 83.8 Å². The van der Waals surface area contributed by atoms with E-state index in [0.717, 1.165) is 19.3 Å². The van der Waals surface area contributed by atoms with Crippen LogP contribution in [0.25, 0.3) is 0 Å². The molecule has 3 aromatic rings. The fourth-order valence-corrected chi connectivity index (χ4v) is 3.97. The molecule has 2 N–H and O–H groups in total. The molecule has 3 aromatic carbocycles. The lowest BCUT2D eigenvalue weighted by Crippen LogP contribution is -2.16. The number of hydrogen-bond acceptors (Lipinski definition) is 3. The van der Waals surface area contributed by atoms with Gasteiger partial charge in [0.2, 0.25) is 0 Å². The van der Waals surface area contributed by atoms with E-state index >= 15 is 0 Å². The summed E-state index contributed by atoms with van der Waals surface area (Å²) in [6, 6.07) is 22.3. The van der Waals surface area contributed by atoms with Crippen LogP contribution in [0.4, 0.5) is 11.4 Å². The van der Waals surface area contributed by atoms with Gasteiger partial charge in [-0.05, 0) is 60.9 Å². The molecule has 0 atom stereocenters. The van der Waals surface area contributed by atoms with Crippen molar-refractivity contribution in [3.05, 3.63) is 90.0 Å². The molecule has 0 aliphatic rings. The number of carbonyl (C=O) groups excluding carboxylic acids is 1. The van der Waals surface area contributed by atoms with Gasteiger partial charge in [-0.2, -0.15) is 0 Å². The summed E-state index contributed by atoms with van der Waals surface area (Å²) in [6.07, 6.45) is 3.28. The van der Waals surface area contributed by atoms with Crippen molar-refractivity contribution in [3.8, 4) is 0 Å². The Labute approximate surface area is 171 Å². The predicted octanol–water partition coefficient (Wildman–Crippen LogP) is 5.08. The van der Waals surface area contributed by atoms with E-state index in [1.165, 1.54) is 17.7 Å². The van der Waals surface area contributed by atoms with Crippen LogP contribution in [0.3, 0.4) is 0 Å². The number of para-hydroxylation sites is 1. The van der Waals surface area contributed by atoms with Gasteiger partial charge in [-0.25, -0.2) is 8.42 Å². The molecular formula is C23H24N2O3S. The Kier molecular flexibility index (Phi) is 6.67. The molecule has 0 saturated carbocycles. The van der Waals surface area contributed by atoms with Crippen LogP contribution < -0.4 is 10.0 Å². The minimum atomic E-state index is -3.79. The number of unbranched alkanes of at least 4 members (excludes halogenated alkanes) is 1. The van der Waals surface area contributed by atoms with E-state index < -0.39 is 10.0 Å². The van der Waals surface area contributed by atoms with Crippen molar-refractivity contribution in [3.63, 3.8) is 0 Å². The zero-order valence-corrected chi connectivity index (χ0v) is 17.1. The highest BCUT2D eigenvalue weighted by Gasteiger charge is 2.16. The lowest BCUT2D eigenvalue weighted by molar-refractivity contribution is 0.102. The highest BCUT2D eigenvalue weighted by Crippen LogP contribution is 2.18. The van der Waals surface area contributed by atoms with Crippen molar-refractivity contribution < 1.29 is 13.2 Å². The molecule has 0 aromatic heterocycles. The van der Waals surface area contributed by atoms with Gasteiger partial charge in [-0.1, -0.05) is 49.7 Å². The van der Waals surface area contributed by atoms with E-state index in [2.05, 4.69) is 17.0 Å². The number of sulfonamides is 1. The van der Waals surface area contributed by atoms with Crippen molar-refractivity contribution in [2.24, 2.45) is 0 Å². The third kappa shape index (κ3) is 5.68. The zero-order valence-electron chi connectivity index (χ0n) is 16.3. The third-order valence-corrected chi connectivity index (χ3v) is 5.84. The molecule has 0 aliphatic carbocycles. The maximum atomic E-state index is 12.6. The number of amides is 1. The lowest BCUT2D eigenvalue weighted by atomic mass is 10.1. The Balaban J connectivity index is 1.72. The molecule has 0 aliphatic heterocycles. The summed E-state index contributed by atoms with van der Waals surface area (Å²) in [7, 11) is -3.79. The van der Waals surface area contributed by atoms with E-state index in [1.54, 1.807) is 42.5 Å². The molecule has 150 valence electrons. The standard InChI is InChI=1S/C23H24N2O3S/c1-2-3-8-18-13-15-20(16-14-18)24-23(26)19-9-7-12-22(17-19)29(27,28)25-21-10-5-4-6-11-21/h4-7,9-17,25H,2-3,8H2,1H3,(H,24,26). The second kappa shape index (κ2) is 9.39. The van der Waals surface area contributed by atoms with Crippen LogP contribution in [-0.4, -0.2) is 14.3 Å². The second-order valence-electron chi connectivity index (χ2n) is 6.75. The van der Waals surface area contributed by atoms with E-state index in [9.17, 15) is 13.2 Å². The van der Waals surface area contributed by atoms with Crippen molar-refractivity contribution in [1.82, 2.24) is 0 Å². The molecular weight excluding hydrogens is 384 g/mol. The van der Waals surface area contributed by atoms with Crippen molar-refractivity contribution >= 4 is 27.3 Å². The summed E-state index contributed by atoms with van der Waals surface area (Å²) in [5, 5.41) is 2.82. The van der Waals surface area contributed by atoms with Crippen molar-refractivity contribution in [1.29, 1.82) is 0 Å². The topological polar surface area (TPSA) is 75.3 Å². The molecule has 1 amide bonds. The average Bonchev–Trinajstić information content (AvgIpc) is 2.74. The van der Waals surface area contributed by atoms with E-state index in [4.69, 9.17) is 0 Å². The van der Waals surface area contributed by atoms with Crippen LogP contribution in [0.2, 0.25) is 0 Å². The molecule has 0 bridgehead atoms. The molecule has 0 spiro atoms. The molecule has 3 rings (SSSR count). The minimum Gasteiger partial charge on any atom is -0.322 e. The van der Waals surface area contributed by atoms with E-state index in [0.29, 0.717) is 11.4 Å². The predicted molar refractivity (Wildman–Crippen MR) is 117 cm³/mol. The van der Waals surface area contributed by atoms with Crippen LogP contribution in [0.5, 0.6) is 0 Å². The Morgan fingerprint density at radius 3 is 2.28 bits per heavy atom. The van der Waals surface area contributed by atoms with Gasteiger partial charge in [0.1, 0.15) is 0 Å². The summed E-state index contributed by atoms with van der Waals surface area (Å²) in [5.41, 5.74) is 2.64. The first-order valence-electron chi connectivity index (χ1n) is 9.56. The Morgan fingerprint density at radius 2 is 1.59 bits per heavy atom. The molecule has 6 heteroatoms. The van der Waals surface area contributed by atoms with E-state index in [-0.39, 0.29) is 16.4 Å². The number of nitrogens with one attached hydrogen (secondary N) is 2. The first kappa shape index (κ1) is 20.6. The summed E-state index contributed by atoms with van der Waals surface area (Å²) in [5.74, 6) is -0.358. The number of aryl methyl sites for hydroxylation is 1. The number of anilines is 2. The molecule has 5 nitrogen and oxygen atoms in total. The van der Waals surface area contributed by atoms with Crippen LogP contribution in [0, 0.1) is 0 Å². The summed E-state index contributed by atoms with van der Waals surface area (Å²) in [6.45, 7) is 2.15. The zero-order chi connectivity index (χ0) is 20.7. The maximum absolute atomic E-state index is 12.6. The summed E-state index contributed by atoms with van der Waals surface area (Å²) in [4.78, 5) is 12.6. The Morgan fingerprint density at radius 1 is 0.862 bits per heavy atom. The first-order chi connectivity index (χ1) is 14.0. The second-order valence-corrected chi connectivity index (χ2v) is 8.44. The van der Waals surface area contributed by atoms with Crippen LogP contribution in [-0.2, 0) is 16.4 Å². The largest absolute Gasteiger partial charge is 0.322 e. The first-order valence-corrected chi connectivity index (χ1v) is 11.0. The number of benzene rings is 3. The molecule has 0 fully saturated rings. The quantitative estimate of drug-likeness (QED) is 0.546. The normalized spacial score (nSPS) is 11.1. The summed E-state index contributed by atoms with van der Waals surface area (Å²) >= 11 is 0. The van der Waals surface area contributed by atoms with Crippen molar-refractivity contribution in [2.75, 3.05) is 10.0 Å². The highest BCUT2D eigenvalue weighted by atomic mass is 32.2. The smallest absolute Gasteiger partial charge is 0.261 e. The van der Waals surface area contributed by atoms with E-state index in [1.807, 2.05) is 24.3 Å². The fourth-order valence-electron chi connectivity index (χ4n) is 2.86. The SMILES string of the molecule is CCCCc1ccc(NC(=O)c2cccc(S(=O)(=O)Nc3ccccc3)c2)cc1. The van der Waals surface area contributed by atoms with Gasteiger partial charge >= 0.3 is 0 Å². The molecule has 29 heavy (non-hydrogen) atoms. The van der Waals surface area contributed by atoms with Gasteiger partial charge in [0.05, 0.1) is 4.90 Å². The molecule has 0 unspecified atom stereocenters. The fraction of sp³-hybridized carbons (Fsp3) is 0.174. The molecule has 0 heterocycles. The van der Waals surface area contributed by atoms with Gasteiger partial charge in [0.15, 0.2) is 0 Å². The monoisotopic (exact) mass is 408 g/mol. The van der Waals surface area contributed by atoms with Crippen LogP contribution >= 0.6 is 0 Å². The van der Waals surface area contributed by atoms with Gasteiger partial charge in [-0.3, -0.25) is 9.52 Å². The van der Waals surface area contributed by atoms with Crippen LogP contribution in [0.1, 0.15) is 35.7 Å². The van der Waals surface area contributed by atoms with Gasteiger partial charge < -0.3 is 5.32 Å². The molecule has 0 radical (unpaired) electrons. The highest BCUT2D eigenvalue weighted by molar-refractivity contribution is 7.92. The summed E-state index contributed by atoms with van der Waals surface area (Å²) < 4.78 is 27.7. The number of rotatable bonds is 8. The average molecular weight is 409 g/mol. The van der Waals surface area contributed by atoms with Gasteiger partial charge in [-0.15, -0.1) is 0 Å². The lowest BCUT2D eigenvalue weighted by Gasteiger charge is -2.10. The van der Waals surface area contributed by atoms with Crippen molar-refractivity contribution in [2.45, 2.75) is 31.1 Å². The van der Waals surface area contributed by atoms with Gasteiger partial charge in [0, 0.05) is 16.9 Å². The Hall–Kier alpha value is -3.12. The molecule has 0 saturated heterocycles. The number of carbonyl (C=O) groups is 1. The third-order valence-electron chi connectivity index (χ3n) is 4.46. The van der Waals surface area contributed by atoms with Gasteiger partial charge in [0.25, 0.3) is 15.9 Å². The minimum absolute atomic E-state index is 0.0314. The number of hydrogen-bond donors (Lipinski definition) is 2. The Bertz CT molecular complexity index is 1060.